The molecular formula is C10H15NO7. The highest BCUT2D eigenvalue weighted by Crippen LogP contribution is 2.07. The van der Waals surface area contributed by atoms with Crippen LogP contribution in [0.5, 0.6) is 0 Å². The zero-order valence-corrected chi connectivity index (χ0v) is 9.66. The second kappa shape index (κ2) is 8.18. The number of carboxylic acid groups (broad SMARTS) is 2. The van der Waals surface area contributed by atoms with E-state index in [9.17, 15) is 19.2 Å². The van der Waals surface area contributed by atoms with Crippen LogP contribution in [0, 0.1) is 0 Å². The number of unbranched alkanes of at least 4 members (excludes halogenated alkanes) is 1. The molecule has 0 aromatic rings. The van der Waals surface area contributed by atoms with Crippen molar-refractivity contribution < 1.29 is 34.6 Å². The van der Waals surface area contributed by atoms with Gasteiger partial charge in [-0.05, 0) is 12.8 Å². The third kappa shape index (κ3) is 7.34. The minimum atomic E-state index is -0.870. The monoisotopic (exact) mass is 261 g/mol. The summed E-state index contributed by atoms with van der Waals surface area (Å²) in [6, 6.07) is 0. The van der Waals surface area contributed by atoms with Crippen molar-refractivity contribution in [2.24, 2.45) is 0 Å². The van der Waals surface area contributed by atoms with Crippen molar-refractivity contribution in [2.75, 3.05) is 0 Å². The molecule has 2 amide bonds. The largest absolute Gasteiger partial charge is 0.481 e. The molecule has 0 aromatic carbocycles. The van der Waals surface area contributed by atoms with Crippen LogP contribution in [0.4, 0.5) is 0 Å². The van der Waals surface area contributed by atoms with Crippen molar-refractivity contribution >= 4 is 23.8 Å². The number of carbonyl (C=O) groups excluding carboxylic acids is 2. The Morgan fingerprint density at radius 3 is 1.44 bits per heavy atom. The Bertz CT molecular complexity index is 307. The average molecular weight is 261 g/mol. The zero-order chi connectivity index (χ0) is 14.1. The van der Waals surface area contributed by atoms with E-state index in [1.807, 2.05) is 0 Å². The Balaban J connectivity index is 0.000000327. The van der Waals surface area contributed by atoms with Crippen LogP contribution >= 0.6 is 0 Å². The van der Waals surface area contributed by atoms with Crippen LogP contribution in [0.1, 0.15) is 38.5 Å². The van der Waals surface area contributed by atoms with Crippen molar-refractivity contribution in [3.8, 4) is 0 Å². The molecule has 1 fully saturated rings. The van der Waals surface area contributed by atoms with Gasteiger partial charge in [-0.15, -0.1) is 0 Å². The molecule has 0 bridgehead atoms. The number of nitrogens with zero attached hydrogens (tertiary/aromatic N) is 1. The topological polar surface area (TPSA) is 132 Å². The van der Waals surface area contributed by atoms with Gasteiger partial charge in [0.1, 0.15) is 0 Å². The molecule has 1 rings (SSSR count). The molecule has 0 aromatic heterocycles. The average Bonchev–Trinajstić information content (AvgIpc) is 2.56. The first-order chi connectivity index (χ1) is 8.34. The molecule has 0 radical (unpaired) electrons. The van der Waals surface area contributed by atoms with Gasteiger partial charge in [0.15, 0.2) is 0 Å². The molecule has 0 unspecified atom stereocenters. The van der Waals surface area contributed by atoms with Gasteiger partial charge < -0.3 is 10.2 Å². The fourth-order valence-electron chi connectivity index (χ4n) is 1.12. The van der Waals surface area contributed by atoms with Crippen molar-refractivity contribution in [3.63, 3.8) is 0 Å². The molecular weight excluding hydrogens is 246 g/mol. The lowest BCUT2D eigenvalue weighted by Crippen LogP contribution is -2.24. The maximum atomic E-state index is 10.2. The molecule has 1 saturated heterocycles. The van der Waals surface area contributed by atoms with E-state index in [0.29, 0.717) is 12.8 Å². The first-order valence-corrected chi connectivity index (χ1v) is 5.33. The fourth-order valence-corrected chi connectivity index (χ4v) is 1.12. The lowest BCUT2D eigenvalue weighted by Gasteiger charge is -1.98. The number of rotatable bonds is 5. The van der Waals surface area contributed by atoms with Crippen molar-refractivity contribution in [1.82, 2.24) is 5.06 Å². The highest BCUT2D eigenvalue weighted by molar-refractivity contribution is 6.00. The number of amides is 2. The van der Waals surface area contributed by atoms with Gasteiger partial charge >= 0.3 is 11.9 Å². The number of carbonyl (C=O) groups is 4. The van der Waals surface area contributed by atoms with Gasteiger partial charge in [-0.1, -0.05) is 0 Å². The van der Waals surface area contributed by atoms with E-state index in [1.54, 1.807) is 0 Å². The lowest BCUT2D eigenvalue weighted by molar-refractivity contribution is -0.171. The summed E-state index contributed by atoms with van der Waals surface area (Å²) < 4.78 is 0. The number of carboxylic acids is 2. The van der Waals surface area contributed by atoms with E-state index < -0.39 is 23.8 Å². The SMILES string of the molecule is O=C(O)CCCCC(=O)O.O=C1CCC(=O)N1O. The van der Waals surface area contributed by atoms with E-state index in [0.717, 1.165) is 0 Å². The minimum Gasteiger partial charge on any atom is -0.481 e. The van der Waals surface area contributed by atoms with Crippen molar-refractivity contribution in [2.45, 2.75) is 38.5 Å². The molecule has 0 aliphatic carbocycles. The van der Waals surface area contributed by atoms with Gasteiger partial charge in [0.25, 0.3) is 11.8 Å². The second-order valence-electron chi connectivity index (χ2n) is 3.59. The third-order valence-corrected chi connectivity index (χ3v) is 2.06. The molecule has 8 nitrogen and oxygen atoms in total. The van der Waals surface area contributed by atoms with Gasteiger partial charge in [0.05, 0.1) is 0 Å². The number of imide groups is 1. The summed E-state index contributed by atoms with van der Waals surface area (Å²) in [6.07, 6.45) is 1.31. The summed E-state index contributed by atoms with van der Waals surface area (Å²) in [5.74, 6) is -2.75. The lowest BCUT2D eigenvalue weighted by atomic mass is 10.2. The van der Waals surface area contributed by atoms with Crippen LogP contribution in [0.3, 0.4) is 0 Å². The van der Waals surface area contributed by atoms with Gasteiger partial charge in [0.2, 0.25) is 0 Å². The number of hydrogen-bond donors (Lipinski definition) is 3. The standard InChI is InChI=1S/C6H10O4.C4H5NO3/c7-5(8)3-1-2-4-6(9)10;6-3-1-2-4(7)5(3)8/h1-4H2,(H,7,8)(H,9,10);8H,1-2H2. The Morgan fingerprint density at radius 2 is 1.28 bits per heavy atom. The molecule has 1 heterocycles. The molecule has 1 aliphatic rings. The predicted molar refractivity (Wildman–Crippen MR) is 56.6 cm³/mol. The predicted octanol–water partition coefficient (Wildman–Crippen LogP) is 0.241. The summed E-state index contributed by atoms with van der Waals surface area (Å²) >= 11 is 0. The number of hydroxylamine groups is 2. The summed E-state index contributed by atoms with van der Waals surface area (Å²) in [4.78, 5) is 40.3. The van der Waals surface area contributed by atoms with Crippen molar-refractivity contribution in [3.05, 3.63) is 0 Å². The molecule has 1 aliphatic heterocycles. The van der Waals surface area contributed by atoms with E-state index in [2.05, 4.69) is 0 Å². The molecule has 0 saturated carbocycles. The summed E-state index contributed by atoms with van der Waals surface area (Å²) in [6.45, 7) is 0. The van der Waals surface area contributed by atoms with Crippen LogP contribution in [0.2, 0.25) is 0 Å². The first-order valence-electron chi connectivity index (χ1n) is 5.33. The Labute approximate surface area is 103 Å². The molecule has 3 N–H and O–H groups in total. The minimum absolute atomic E-state index is 0.0628. The number of aliphatic carboxylic acids is 2. The van der Waals surface area contributed by atoms with Crippen LogP contribution in [0.25, 0.3) is 0 Å². The number of hydrogen-bond acceptors (Lipinski definition) is 5. The molecule has 18 heavy (non-hydrogen) atoms. The maximum Gasteiger partial charge on any atom is 0.303 e. The van der Waals surface area contributed by atoms with Gasteiger partial charge in [-0.25, -0.2) is 0 Å². The molecule has 0 spiro atoms. The quantitative estimate of drug-likeness (QED) is 0.367. The highest BCUT2D eigenvalue weighted by atomic mass is 16.5. The Hall–Kier alpha value is -1.96. The van der Waals surface area contributed by atoms with E-state index in [4.69, 9.17) is 15.4 Å². The van der Waals surface area contributed by atoms with Crippen LogP contribution < -0.4 is 0 Å². The van der Waals surface area contributed by atoms with E-state index in [-0.39, 0.29) is 30.7 Å². The summed E-state index contributed by atoms with van der Waals surface area (Å²) in [5, 5.41) is 24.8. The first kappa shape index (κ1) is 16.0. The van der Waals surface area contributed by atoms with E-state index in [1.165, 1.54) is 0 Å². The highest BCUT2D eigenvalue weighted by Gasteiger charge is 2.26. The Kier molecular flexibility index (Phi) is 7.29. The van der Waals surface area contributed by atoms with Crippen LogP contribution in [-0.4, -0.2) is 44.2 Å². The second-order valence-corrected chi connectivity index (χ2v) is 3.59. The summed E-state index contributed by atoms with van der Waals surface area (Å²) in [5.41, 5.74) is 0. The fraction of sp³-hybridized carbons (Fsp3) is 0.600. The van der Waals surface area contributed by atoms with Crippen LogP contribution in [0.15, 0.2) is 0 Å². The normalized spacial score (nSPS) is 14.2. The van der Waals surface area contributed by atoms with Gasteiger partial charge in [0, 0.05) is 25.7 Å². The molecule has 0 atom stereocenters. The Morgan fingerprint density at radius 1 is 0.944 bits per heavy atom. The maximum absolute atomic E-state index is 10.2. The van der Waals surface area contributed by atoms with Crippen molar-refractivity contribution in [1.29, 1.82) is 0 Å². The zero-order valence-electron chi connectivity index (χ0n) is 9.66. The van der Waals surface area contributed by atoms with E-state index >= 15 is 0 Å². The third-order valence-electron chi connectivity index (χ3n) is 2.06. The van der Waals surface area contributed by atoms with Gasteiger partial charge in [-0.3, -0.25) is 24.4 Å². The summed E-state index contributed by atoms with van der Waals surface area (Å²) in [7, 11) is 0. The molecule has 8 heteroatoms. The smallest absolute Gasteiger partial charge is 0.303 e. The van der Waals surface area contributed by atoms with Gasteiger partial charge in [-0.2, -0.15) is 5.06 Å². The van der Waals surface area contributed by atoms with Crippen LogP contribution in [-0.2, 0) is 19.2 Å². The molecule has 102 valence electrons.